The van der Waals surface area contributed by atoms with Crippen LogP contribution < -0.4 is 5.73 Å². The molecule has 0 spiro atoms. The van der Waals surface area contributed by atoms with Crippen LogP contribution in [0.5, 0.6) is 0 Å². The molecule has 0 bridgehead atoms. The molecule has 0 saturated heterocycles. The molecule has 0 saturated carbocycles. The minimum Gasteiger partial charge on any atom is -0.340 e. The largest absolute Gasteiger partial charge is 0.340 e. The quantitative estimate of drug-likeness (QED) is 0.775. The second-order valence-corrected chi connectivity index (χ2v) is 6.67. The standard InChI is InChI=1S/C22H24N2O/c1-16-7-9-17(10-8-16)15-24(2)22(25)21(23)14-18-11-12-19-5-3-4-6-20(19)13-18/h3-13,21H,14-15,23H2,1-2H3/t21-/m0/s1. The van der Waals surface area contributed by atoms with E-state index >= 15 is 0 Å². The van der Waals surface area contributed by atoms with E-state index in [-0.39, 0.29) is 5.91 Å². The number of likely N-dealkylation sites (N-methyl/N-ethyl adjacent to an activating group) is 1. The average Bonchev–Trinajstić information content (AvgIpc) is 2.62. The molecule has 1 atom stereocenters. The molecule has 0 radical (unpaired) electrons. The van der Waals surface area contributed by atoms with Gasteiger partial charge in [0, 0.05) is 13.6 Å². The van der Waals surface area contributed by atoms with Gasteiger partial charge in [0.25, 0.3) is 0 Å². The Balaban J connectivity index is 1.65. The molecule has 3 aromatic carbocycles. The van der Waals surface area contributed by atoms with Gasteiger partial charge in [-0.3, -0.25) is 4.79 Å². The van der Waals surface area contributed by atoms with Gasteiger partial charge in [0.2, 0.25) is 5.91 Å². The van der Waals surface area contributed by atoms with E-state index < -0.39 is 6.04 Å². The van der Waals surface area contributed by atoms with E-state index in [2.05, 4.69) is 49.4 Å². The number of aryl methyl sites for hydroxylation is 1. The summed E-state index contributed by atoms with van der Waals surface area (Å²) in [5, 5.41) is 2.37. The maximum Gasteiger partial charge on any atom is 0.239 e. The van der Waals surface area contributed by atoms with Gasteiger partial charge < -0.3 is 10.6 Å². The first-order valence-corrected chi connectivity index (χ1v) is 8.57. The van der Waals surface area contributed by atoms with Crippen molar-refractivity contribution in [3.8, 4) is 0 Å². The molecule has 0 aliphatic rings. The van der Waals surface area contributed by atoms with Crippen molar-refractivity contribution in [2.24, 2.45) is 5.73 Å². The monoisotopic (exact) mass is 332 g/mol. The molecule has 3 nitrogen and oxygen atoms in total. The summed E-state index contributed by atoms with van der Waals surface area (Å²) in [6.07, 6.45) is 0.544. The minimum atomic E-state index is -0.531. The van der Waals surface area contributed by atoms with Crippen LogP contribution in [-0.4, -0.2) is 23.9 Å². The highest BCUT2D eigenvalue weighted by molar-refractivity contribution is 5.84. The number of nitrogens with zero attached hydrogens (tertiary/aromatic N) is 1. The zero-order valence-electron chi connectivity index (χ0n) is 14.8. The Hall–Kier alpha value is -2.65. The van der Waals surface area contributed by atoms with Crippen LogP contribution in [0.4, 0.5) is 0 Å². The predicted octanol–water partition coefficient (Wildman–Crippen LogP) is 3.68. The van der Waals surface area contributed by atoms with E-state index in [4.69, 9.17) is 5.73 Å². The predicted molar refractivity (Wildman–Crippen MR) is 103 cm³/mol. The molecule has 2 N–H and O–H groups in total. The Bertz CT molecular complexity index is 871. The normalized spacial score (nSPS) is 12.1. The Morgan fingerprint density at radius 1 is 0.960 bits per heavy atom. The third-order valence-electron chi connectivity index (χ3n) is 4.50. The van der Waals surface area contributed by atoms with Crippen LogP contribution in [0.1, 0.15) is 16.7 Å². The second kappa shape index (κ2) is 7.49. The van der Waals surface area contributed by atoms with Crippen molar-refractivity contribution in [3.63, 3.8) is 0 Å². The maximum absolute atomic E-state index is 12.6. The highest BCUT2D eigenvalue weighted by Gasteiger charge is 2.18. The van der Waals surface area contributed by atoms with E-state index in [0.29, 0.717) is 13.0 Å². The van der Waals surface area contributed by atoms with E-state index in [1.807, 2.05) is 31.3 Å². The second-order valence-electron chi connectivity index (χ2n) is 6.67. The zero-order valence-corrected chi connectivity index (χ0v) is 14.8. The van der Waals surface area contributed by atoms with Crippen LogP contribution in [-0.2, 0) is 17.8 Å². The number of carbonyl (C=O) groups excluding carboxylic acids is 1. The fraction of sp³-hybridized carbons (Fsp3) is 0.227. The lowest BCUT2D eigenvalue weighted by Crippen LogP contribution is -2.42. The summed E-state index contributed by atoms with van der Waals surface area (Å²) in [5.74, 6) is -0.0336. The number of benzene rings is 3. The fourth-order valence-electron chi connectivity index (χ4n) is 3.04. The molecule has 3 heteroatoms. The van der Waals surface area contributed by atoms with E-state index in [1.165, 1.54) is 16.3 Å². The van der Waals surface area contributed by atoms with Crippen LogP contribution in [0.3, 0.4) is 0 Å². The summed E-state index contributed by atoms with van der Waals surface area (Å²) in [6, 6.07) is 22.1. The summed E-state index contributed by atoms with van der Waals surface area (Å²) in [6.45, 7) is 2.63. The molecule has 0 aliphatic heterocycles. The number of hydrogen-bond donors (Lipinski definition) is 1. The number of rotatable bonds is 5. The molecule has 3 rings (SSSR count). The Kier molecular flexibility index (Phi) is 5.15. The third-order valence-corrected chi connectivity index (χ3v) is 4.50. The number of fused-ring (bicyclic) bond motifs is 1. The van der Waals surface area contributed by atoms with Crippen molar-refractivity contribution >= 4 is 16.7 Å². The van der Waals surface area contributed by atoms with Gasteiger partial charge in [0.1, 0.15) is 0 Å². The van der Waals surface area contributed by atoms with Gasteiger partial charge in [-0.15, -0.1) is 0 Å². The SMILES string of the molecule is Cc1ccc(CN(C)C(=O)[C@@H](N)Cc2ccc3ccccc3c2)cc1. The minimum absolute atomic E-state index is 0.0336. The maximum atomic E-state index is 12.6. The number of nitrogens with two attached hydrogens (primary N) is 1. The number of amides is 1. The van der Waals surface area contributed by atoms with Crippen LogP contribution >= 0.6 is 0 Å². The molecule has 0 unspecified atom stereocenters. The molecule has 0 heterocycles. The van der Waals surface area contributed by atoms with Crippen LogP contribution in [0, 0.1) is 6.92 Å². The summed E-state index contributed by atoms with van der Waals surface area (Å²) in [5.41, 5.74) is 9.59. The smallest absolute Gasteiger partial charge is 0.239 e. The van der Waals surface area contributed by atoms with Crippen molar-refractivity contribution in [1.82, 2.24) is 4.90 Å². The van der Waals surface area contributed by atoms with Crippen molar-refractivity contribution < 1.29 is 4.79 Å². The zero-order chi connectivity index (χ0) is 17.8. The molecule has 25 heavy (non-hydrogen) atoms. The van der Waals surface area contributed by atoms with Gasteiger partial charge in [-0.25, -0.2) is 0 Å². The summed E-state index contributed by atoms with van der Waals surface area (Å²) >= 11 is 0. The van der Waals surface area contributed by atoms with E-state index in [9.17, 15) is 4.79 Å². The van der Waals surface area contributed by atoms with Crippen molar-refractivity contribution in [3.05, 3.63) is 83.4 Å². The van der Waals surface area contributed by atoms with Crippen molar-refractivity contribution in [1.29, 1.82) is 0 Å². The van der Waals surface area contributed by atoms with Gasteiger partial charge in [0.05, 0.1) is 6.04 Å². The molecule has 0 fully saturated rings. The number of hydrogen-bond acceptors (Lipinski definition) is 2. The van der Waals surface area contributed by atoms with Crippen LogP contribution in [0.25, 0.3) is 10.8 Å². The van der Waals surface area contributed by atoms with Crippen molar-refractivity contribution in [2.75, 3.05) is 7.05 Å². The van der Waals surface area contributed by atoms with Crippen LogP contribution in [0.2, 0.25) is 0 Å². The van der Waals surface area contributed by atoms with Gasteiger partial charge in [-0.1, -0.05) is 72.3 Å². The number of carbonyl (C=O) groups is 1. The van der Waals surface area contributed by atoms with E-state index in [0.717, 1.165) is 11.1 Å². The topological polar surface area (TPSA) is 46.3 Å². The van der Waals surface area contributed by atoms with Crippen LogP contribution in [0.15, 0.2) is 66.7 Å². The molecule has 128 valence electrons. The van der Waals surface area contributed by atoms with Gasteiger partial charge in [0.15, 0.2) is 0 Å². The van der Waals surface area contributed by atoms with Gasteiger partial charge in [-0.05, 0) is 35.2 Å². The highest BCUT2D eigenvalue weighted by atomic mass is 16.2. The summed E-state index contributed by atoms with van der Waals surface area (Å²) < 4.78 is 0. The Morgan fingerprint density at radius 2 is 1.60 bits per heavy atom. The van der Waals surface area contributed by atoms with Gasteiger partial charge >= 0.3 is 0 Å². The lowest BCUT2D eigenvalue weighted by Gasteiger charge is -2.21. The van der Waals surface area contributed by atoms with Crippen molar-refractivity contribution in [2.45, 2.75) is 25.9 Å². The fourth-order valence-corrected chi connectivity index (χ4v) is 3.04. The third kappa shape index (κ3) is 4.25. The summed E-state index contributed by atoms with van der Waals surface area (Å²) in [7, 11) is 1.81. The molecular formula is C22H24N2O. The molecule has 1 amide bonds. The lowest BCUT2D eigenvalue weighted by atomic mass is 10.0. The molecule has 0 aromatic heterocycles. The Morgan fingerprint density at radius 3 is 2.32 bits per heavy atom. The first-order chi connectivity index (χ1) is 12.0. The molecular weight excluding hydrogens is 308 g/mol. The molecule has 0 aliphatic carbocycles. The first-order valence-electron chi connectivity index (χ1n) is 8.57. The lowest BCUT2D eigenvalue weighted by molar-refractivity contribution is -0.131. The Labute approximate surface area is 149 Å². The summed E-state index contributed by atoms with van der Waals surface area (Å²) in [4.78, 5) is 14.3. The van der Waals surface area contributed by atoms with Gasteiger partial charge in [-0.2, -0.15) is 0 Å². The molecule has 3 aromatic rings. The first kappa shape index (κ1) is 17.2. The average molecular weight is 332 g/mol. The highest BCUT2D eigenvalue weighted by Crippen LogP contribution is 2.17. The van der Waals surface area contributed by atoms with E-state index in [1.54, 1.807) is 4.90 Å².